The third-order valence-corrected chi connectivity index (χ3v) is 4.13. The molecule has 1 saturated heterocycles. The van der Waals surface area contributed by atoms with Crippen LogP contribution in [0.2, 0.25) is 0 Å². The Kier molecular flexibility index (Phi) is 4.83. The summed E-state index contributed by atoms with van der Waals surface area (Å²) in [6.07, 6.45) is 2.20. The van der Waals surface area contributed by atoms with Crippen LogP contribution in [-0.2, 0) is 0 Å². The number of anilines is 1. The van der Waals surface area contributed by atoms with Crippen LogP contribution in [0.25, 0.3) is 0 Å². The molecule has 2 N–H and O–H groups in total. The number of hydrogen-bond acceptors (Lipinski definition) is 3. The van der Waals surface area contributed by atoms with Gasteiger partial charge in [-0.3, -0.25) is 0 Å². The van der Waals surface area contributed by atoms with Crippen LogP contribution in [0.5, 0.6) is 0 Å². The average molecular weight is 261 g/mol. The molecule has 0 spiro atoms. The number of likely N-dealkylation sites (N-methyl/N-ethyl adjacent to an activating group) is 1. The molecule has 3 heteroatoms. The minimum absolute atomic E-state index is 0.143. The van der Waals surface area contributed by atoms with Gasteiger partial charge in [-0.15, -0.1) is 0 Å². The molecule has 0 saturated carbocycles. The standard InChI is InChI=1S/C16H27N3/c1-4-15(17)14-8-5-6-9-16(14)19-11-7-10-18(3)12-13(19)2/h5-6,8-9,13,15H,4,7,10-12,17H2,1-3H3. The monoisotopic (exact) mass is 261 g/mol. The van der Waals surface area contributed by atoms with Gasteiger partial charge in [0.25, 0.3) is 0 Å². The van der Waals surface area contributed by atoms with E-state index in [1.807, 2.05) is 0 Å². The first-order valence-electron chi connectivity index (χ1n) is 7.43. The van der Waals surface area contributed by atoms with Crippen molar-refractivity contribution >= 4 is 5.69 Å². The van der Waals surface area contributed by atoms with E-state index in [0.717, 1.165) is 19.5 Å². The van der Waals surface area contributed by atoms with E-state index in [4.69, 9.17) is 5.73 Å². The zero-order valence-electron chi connectivity index (χ0n) is 12.5. The summed E-state index contributed by atoms with van der Waals surface area (Å²) in [5.74, 6) is 0. The van der Waals surface area contributed by atoms with E-state index in [2.05, 4.69) is 55.0 Å². The highest BCUT2D eigenvalue weighted by Gasteiger charge is 2.22. The van der Waals surface area contributed by atoms with Crippen LogP contribution in [0.1, 0.15) is 38.3 Å². The van der Waals surface area contributed by atoms with Crippen molar-refractivity contribution < 1.29 is 0 Å². The van der Waals surface area contributed by atoms with Gasteiger partial charge in [-0.25, -0.2) is 0 Å². The summed E-state index contributed by atoms with van der Waals surface area (Å²) in [6, 6.07) is 9.32. The Hall–Kier alpha value is -1.06. The van der Waals surface area contributed by atoms with Crippen molar-refractivity contribution in [1.29, 1.82) is 0 Å². The second-order valence-corrected chi connectivity index (χ2v) is 5.73. The SMILES string of the molecule is CCC(N)c1ccccc1N1CCCN(C)CC1C. The van der Waals surface area contributed by atoms with Crippen LogP contribution in [0.3, 0.4) is 0 Å². The summed E-state index contributed by atoms with van der Waals surface area (Å²) in [6.45, 7) is 7.90. The zero-order chi connectivity index (χ0) is 13.8. The number of nitrogens with zero attached hydrogens (tertiary/aromatic N) is 2. The Morgan fingerprint density at radius 1 is 1.32 bits per heavy atom. The van der Waals surface area contributed by atoms with Crippen LogP contribution in [0, 0.1) is 0 Å². The van der Waals surface area contributed by atoms with E-state index >= 15 is 0 Å². The lowest BCUT2D eigenvalue weighted by Gasteiger charge is -2.33. The second-order valence-electron chi connectivity index (χ2n) is 5.73. The number of rotatable bonds is 3. The molecule has 2 rings (SSSR count). The highest BCUT2D eigenvalue weighted by atomic mass is 15.2. The van der Waals surface area contributed by atoms with Crippen molar-refractivity contribution in [3.05, 3.63) is 29.8 Å². The minimum Gasteiger partial charge on any atom is -0.367 e. The third-order valence-electron chi connectivity index (χ3n) is 4.13. The molecule has 2 atom stereocenters. The van der Waals surface area contributed by atoms with Gasteiger partial charge in [0, 0.05) is 30.9 Å². The Labute approximate surface area is 117 Å². The molecule has 19 heavy (non-hydrogen) atoms. The van der Waals surface area contributed by atoms with Crippen molar-refractivity contribution in [2.75, 3.05) is 31.6 Å². The predicted octanol–water partition coefficient (Wildman–Crippen LogP) is 2.63. The summed E-state index contributed by atoms with van der Waals surface area (Å²) in [4.78, 5) is 4.96. The summed E-state index contributed by atoms with van der Waals surface area (Å²) < 4.78 is 0. The van der Waals surface area contributed by atoms with Crippen LogP contribution in [0.4, 0.5) is 5.69 Å². The summed E-state index contributed by atoms with van der Waals surface area (Å²) >= 11 is 0. The lowest BCUT2D eigenvalue weighted by molar-refractivity contribution is 0.337. The van der Waals surface area contributed by atoms with Crippen molar-refractivity contribution in [3.8, 4) is 0 Å². The van der Waals surface area contributed by atoms with Crippen LogP contribution in [0.15, 0.2) is 24.3 Å². The van der Waals surface area contributed by atoms with Crippen molar-refractivity contribution in [2.24, 2.45) is 5.73 Å². The molecule has 0 aliphatic carbocycles. The van der Waals surface area contributed by atoms with Crippen molar-refractivity contribution in [1.82, 2.24) is 4.90 Å². The molecule has 2 unspecified atom stereocenters. The quantitative estimate of drug-likeness (QED) is 0.908. The lowest BCUT2D eigenvalue weighted by atomic mass is 10.0. The minimum atomic E-state index is 0.143. The fourth-order valence-electron chi connectivity index (χ4n) is 3.01. The van der Waals surface area contributed by atoms with E-state index in [9.17, 15) is 0 Å². The van der Waals surface area contributed by atoms with Crippen molar-refractivity contribution in [3.63, 3.8) is 0 Å². The summed E-state index contributed by atoms with van der Waals surface area (Å²) in [5.41, 5.74) is 8.90. The molecule has 1 fully saturated rings. The molecule has 0 amide bonds. The highest BCUT2D eigenvalue weighted by molar-refractivity contribution is 5.56. The smallest absolute Gasteiger partial charge is 0.0417 e. The maximum atomic E-state index is 6.28. The Morgan fingerprint density at radius 3 is 2.79 bits per heavy atom. The van der Waals surface area contributed by atoms with E-state index in [1.165, 1.54) is 24.2 Å². The first-order chi connectivity index (χ1) is 9.13. The number of benzene rings is 1. The first kappa shape index (κ1) is 14.4. The van der Waals surface area contributed by atoms with E-state index < -0.39 is 0 Å². The van der Waals surface area contributed by atoms with E-state index in [0.29, 0.717) is 6.04 Å². The molecule has 0 aromatic heterocycles. The van der Waals surface area contributed by atoms with Crippen molar-refractivity contribution in [2.45, 2.75) is 38.8 Å². The average Bonchev–Trinajstić information content (AvgIpc) is 2.58. The summed E-state index contributed by atoms with van der Waals surface area (Å²) in [7, 11) is 2.21. The molecule has 1 aromatic carbocycles. The maximum Gasteiger partial charge on any atom is 0.0417 e. The highest BCUT2D eigenvalue weighted by Crippen LogP contribution is 2.29. The molecule has 1 aromatic rings. The normalized spacial score (nSPS) is 23.2. The fourth-order valence-corrected chi connectivity index (χ4v) is 3.01. The van der Waals surface area contributed by atoms with Crippen LogP contribution in [-0.4, -0.2) is 37.6 Å². The molecule has 1 aliphatic heterocycles. The molecule has 0 bridgehead atoms. The van der Waals surface area contributed by atoms with Gasteiger partial charge < -0.3 is 15.5 Å². The number of nitrogens with two attached hydrogens (primary N) is 1. The molecule has 3 nitrogen and oxygen atoms in total. The second kappa shape index (κ2) is 6.40. The lowest BCUT2D eigenvalue weighted by Crippen LogP contribution is -2.38. The number of para-hydroxylation sites is 1. The molecular weight excluding hydrogens is 234 g/mol. The van der Waals surface area contributed by atoms with Gasteiger partial charge in [-0.05, 0) is 45.0 Å². The van der Waals surface area contributed by atoms with Crippen LogP contribution >= 0.6 is 0 Å². The van der Waals surface area contributed by atoms with E-state index in [1.54, 1.807) is 0 Å². The molecule has 1 aliphatic rings. The Bertz CT molecular complexity index is 405. The number of hydrogen-bond donors (Lipinski definition) is 1. The molecule has 106 valence electrons. The Morgan fingerprint density at radius 2 is 2.05 bits per heavy atom. The zero-order valence-corrected chi connectivity index (χ0v) is 12.5. The summed E-state index contributed by atoms with van der Waals surface area (Å²) in [5, 5.41) is 0. The van der Waals surface area contributed by atoms with Gasteiger partial charge in [0.05, 0.1) is 0 Å². The molecule has 0 radical (unpaired) electrons. The Balaban J connectivity index is 2.29. The molecular formula is C16H27N3. The fraction of sp³-hybridized carbons (Fsp3) is 0.625. The van der Waals surface area contributed by atoms with Crippen LogP contribution < -0.4 is 10.6 Å². The van der Waals surface area contributed by atoms with E-state index in [-0.39, 0.29) is 6.04 Å². The van der Waals surface area contributed by atoms with Gasteiger partial charge in [-0.1, -0.05) is 25.1 Å². The maximum absolute atomic E-state index is 6.28. The van der Waals surface area contributed by atoms with Gasteiger partial charge in [0.2, 0.25) is 0 Å². The van der Waals surface area contributed by atoms with Gasteiger partial charge in [-0.2, -0.15) is 0 Å². The molecule has 1 heterocycles. The van der Waals surface area contributed by atoms with Gasteiger partial charge >= 0.3 is 0 Å². The van der Waals surface area contributed by atoms with Gasteiger partial charge in [0.1, 0.15) is 0 Å². The largest absolute Gasteiger partial charge is 0.367 e. The first-order valence-corrected chi connectivity index (χ1v) is 7.43. The predicted molar refractivity (Wildman–Crippen MR) is 82.6 cm³/mol. The third kappa shape index (κ3) is 3.28. The van der Waals surface area contributed by atoms with Gasteiger partial charge in [0.15, 0.2) is 0 Å². The topological polar surface area (TPSA) is 32.5 Å².